The number of esters is 3. The minimum absolute atomic E-state index is 0.102. The summed E-state index contributed by atoms with van der Waals surface area (Å²) in [6.45, 7) is 6.49. The summed E-state index contributed by atoms with van der Waals surface area (Å²) in [6, 6.07) is 0. The van der Waals surface area contributed by atoms with E-state index in [1.807, 2.05) is 12.2 Å². The molecule has 0 saturated carbocycles. The third-order valence-corrected chi connectivity index (χ3v) is 14.5. The van der Waals surface area contributed by atoms with E-state index in [2.05, 4.69) is 81.5 Å². The summed E-state index contributed by atoms with van der Waals surface area (Å²) in [5, 5.41) is 0. The van der Waals surface area contributed by atoms with Gasteiger partial charge in [-0.1, -0.05) is 318 Å². The van der Waals surface area contributed by atoms with Gasteiger partial charge in [0.1, 0.15) is 13.2 Å². The summed E-state index contributed by atoms with van der Waals surface area (Å²) in [5.74, 6) is -1.02. The lowest BCUT2D eigenvalue weighted by atomic mass is 10.0. The first-order chi connectivity index (χ1) is 37.5. The third-order valence-electron chi connectivity index (χ3n) is 14.5. The van der Waals surface area contributed by atoms with Gasteiger partial charge in [-0.3, -0.25) is 14.4 Å². The van der Waals surface area contributed by atoms with Crippen LogP contribution in [0.3, 0.4) is 0 Å². The molecule has 76 heavy (non-hydrogen) atoms. The average molecular weight is 1060 g/mol. The molecule has 6 nitrogen and oxygen atoms in total. The molecule has 0 aromatic carbocycles. The molecule has 0 aliphatic heterocycles. The highest BCUT2D eigenvalue weighted by atomic mass is 16.6. The van der Waals surface area contributed by atoms with Gasteiger partial charge in [0.25, 0.3) is 0 Å². The molecule has 0 N–H and O–H groups in total. The van der Waals surface area contributed by atoms with Crippen molar-refractivity contribution in [2.24, 2.45) is 0 Å². The molecule has 0 bridgehead atoms. The van der Waals surface area contributed by atoms with Crippen molar-refractivity contribution in [3.05, 3.63) is 72.9 Å². The standard InChI is InChI=1S/C70H124O6/c1-4-7-10-13-16-19-22-25-28-30-32-34-35-36-38-39-42-45-48-51-54-57-60-63-69(72)75-66-67(65-74-68(71)62-59-56-53-50-47-44-41-27-24-21-18-15-12-9-6-3)76-70(73)64-61-58-55-52-49-46-43-40-37-33-31-29-26-23-20-17-14-11-8-5-2/h9,12,18,21,27,30,32,41,47,50,56,59,67H,4-8,10-11,13-17,19-20,22-26,28-29,31,33-40,42-46,48-49,51-55,57-58,60-66H2,1-3H3/b12-9-,21-18-,32-30-,41-27-,50-47-,59-56-. The molecule has 0 amide bonds. The monoisotopic (exact) mass is 1060 g/mol. The van der Waals surface area contributed by atoms with E-state index in [-0.39, 0.29) is 31.6 Å². The Kier molecular flexibility index (Phi) is 61.7. The van der Waals surface area contributed by atoms with Crippen LogP contribution in [-0.4, -0.2) is 37.2 Å². The minimum Gasteiger partial charge on any atom is -0.462 e. The van der Waals surface area contributed by atoms with Gasteiger partial charge in [-0.05, 0) is 70.6 Å². The van der Waals surface area contributed by atoms with Crippen LogP contribution in [0.5, 0.6) is 0 Å². The fraction of sp³-hybridized carbons (Fsp3) is 0.786. The number of ether oxygens (including phenoxy) is 3. The molecule has 1 unspecified atom stereocenters. The van der Waals surface area contributed by atoms with Gasteiger partial charge >= 0.3 is 17.9 Å². The Morgan fingerprint density at radius 2 is 0.566 bits per heavy atom. The molecule has 0 aromatic heterocycles. The second kappa shape index (κ2) is 64.4. The van der Waals surface area contributed by atoms with E-state index < -0.39 is 12.1 Å². The van der Waals surface area contributed by atoms with Crippen molar-refractivity contribution in [2.45, 2.75) is 341 Å². The van der Waals surface area contributed by atoms with Crippen LogP contribution in [0.15, 0.2) is 72.9 Å². The first-order valence-corrected chi connectivity index (χ1v) is 32.9. The summed E-state index contributed by atoms with van der Waals surface area (Å²) in [5.41, 5.74) is 0. The Bertz CT molecular complexity index is 1400. The Labute approximate surface area is 472 Å². The highest BCUT2D eigenvalue weighted by molar-refractivity contribution is 5.72. The maximum atomic E-state index is 12.9. The summed E-state index contributed by atoms with van der Waals surface area (Å²) in [7, 11) is 0. The van der Waals surface area contributed by atoms with Crippen LogP contribution in [0.4, 0.5) is 0 Å². The van der Waals surface area contributed by atoms with Crippen LogP contribution in [0.1, 0.15) is 335 Å². The van der Waals surface area contributed by atoms with Gasteiger partial charge in [-0.15, -0.1) is 0 Å². The van der Waals surface area contributed by atoms with Gasteiger partial charge in [-0.2, -0.15) is 0 Å². The topological polar surface area (TPSA) is 78.9 Å². The Morgan fingerprint density at radius 3 is 0.908 bits per heavy atom. The summed E-state index contributed by atoms with van der Waals surface area (Å²) in [4.78, 5) is 38.3. The quantitative estimate of drug-likeness (QED) is 0.0261. The van der Waals surface area contributed by atoms with Crippen molar-refractivity contribution < 1.29 is 28.6 Å². The number of hydrogen-bond donors (Lipinski definition) is 0. The lowest BCUT2D eigenvalue weighted by molar-refractivity contribution is -0.166. The number of rotatable bonds is 60. The maximum Gasteiger partial charge on any atom is 0.309 e. The van der Waals surface area contributed by atoms with Gasteiger partial charge in [0.05, 0.1) is 6.42 Å². The van der Waals surface area contributed by atoms with Gasteiger partial charge < -0.3 is 14.2 Å². The van der Waals surface area contributed by atoms with Crippen LogP contribution in [0.2, 0.25) is 0 Å². The van der Waals surface area contributed by atoms with Crippen molar-refractivity contribution in [1.29, 1.82) is 0 Å². The molecule has 0 radical (unpaired) electrons. The van der Waals surface area contributed by atoms with Crippen LogP contribution in [-0.2, 0) is 28.6 Å². The van der Waals surface area contributed by atoms with Crippen LogP contribution >= 0.6 is 0 Å². The van der Waals surface area contributed by atoms with Crippen molar-refractivity contribution in [3.8, 4) is 0 Å². The Hall–Kier alpha value is -3.15. The van der Waals surface area contributed by atoms with Crippen molar-refractivity contribution in [2.75, 3.05) is 13.2 Å². The third kappa shape index (κ3) is 61.7. The van der Waals surface area contributed by atoms with E-state index in [0.717, 1.165) is 70.6 Å². The van der Waals surface area contributed by atoms with Gasteiger partial charge in [0, 0.05) is 12.8 Å². The zero-order valence-corrected chi connectivity index (χ0v) is 50.5. The van der Waals surface area contributed by atoms with Gasteiger partial charge in [0.15, 0.2) is 6.10 Å². The first-order valence-electron chi connectivity index (χ1n) is 32.9. The molecule has 0 aliphatic rings. The first kappa shape index (κ1) is 72.8. The predicted octanol–water partition coefficient (Wildman–Crippen LogP) is 22.5. The number of carbonyl (C=O) groups is 3. The van der Waals surface area contributed by atoms with E-state index in [1.165, 1.54) is 225 Å². The molecule has 0 spiro atoms. The van der Waals surface area contributed by atoms with Crippen molar-refractivity contribution in [1.82, 2.24) is 0 Å². The number of unbranched alkanes of at least 4 members (excludes halogenated alkanes) is 38. The Morgan fingerprint density at radius 1 is 0.289 bits per heavy atom. The predicted molar refractivity (Wildman–Crippen MR) is 330 cm³/mol. The second-order valence-electron chi connectivity index (χ2n) is 22.0. The molecule has 0 aliphatic carbocycles. The summed E-state index contributed by atoms with van der Waals surface area (Å²) in [6.07, 6.45) is 83.7. The van der Waals surface area contributed by atoms with Crippen LogP contribution in [0.25, 0.3) is 0 Å². The van der Waals surface area contributed by atoms with Gasteiger partial charge in [0.2, 0.25) is 0 Å². The Balaban J connectivity index is 4.37. The molecular formula is C70H124O6. The second-order valence-corrected chi connectivity index (χ2v) is 22.0. The lowest BCUT2D eigenvalue weighted by Gasteiger charge is -2.18. The smallest absolute Gasteiger partial charge is 0.309 e. The zero-order valence-electron chi connectivity index (χ0n) is 50.5. The van der Waals surface area contributed by atoms with Crippen LogP contribution in [0, 0.1) is 0 Å². The molecule has 0 heterocycles. The molecular weight excluding hydrogens is 937 g/mol. The highest BCUT2D eigenvalue weighted by Crippen LogP contribution is 2.17. The van der Waals surface area contributed by atoms with E-state index in [0.29, 0.717) is 12.8 Å². The van der Waals surface area contributed by atoms with E-state index in [9.17, 15) is 14.4 Å². The summed E-state index contributed by atoms with van der Waals surface area (Å²) < 4.78 is 16.8. The van der Waals surface area contributed by atoms with E-state index in [4.69, 9.17) is 14.2 Å². The number of hydrogen-bond acceptors (Lipinski definition) is 6. The highest BCUT2D eigenvalue weighted by Gasteiger charge is 2.19. The average Bonchev–Trinajstić information content (AvgIpc) is 3.42. The fourth-order valence-electron chi connectivity index (χ4n) is 9.57. The van der Waals surface area contributed by atoms with Gasteiger partial charge in [-0.25, -0.2) is 0 Å². The molecule has 6 heteroatoms. The molecule has 0 rings (SSSR count). The van der Waals surface area contributed by atoms with E-state index in [1.54, 1.807) is 0 Å². The maximum absolute atomic E-state index is 12.9. The lowest BCUT2D eigenvalue weighted by Crippen LogP contribution is -2.30. The molecule has 440 valence electrons. The summed E-state index contributed by atoms with van der Waals surface area (Å²) >= 11 is 0. The molecule has 0 saturated heterocycles. The number of allylic oxidation sites excluding steroid dienone is 11. The van der Waals surface area contributed by atoms with Crippen LogP contribution < -0.4 is 0 Å². The number of carbonyl (C=O) groups excluding carboxylic acids is 3. The molecule has 1 atom stereocenters. The molecule has 0 fully saturated rings. The van der Waals surface area contributed by atoms with Crippen molar-refractivity contribution in [3.63, 3.8) is 0 Å². The molecule has 0 aromatic rings. The fourth-order valence-corrected chi connectivity index (χ4v) is 9.57. The minimum atomic E-state index is -0.815. The van der Waals surface area contributed by atoms with Crippen molar-refractivity contribution >= 4 is 17.9 Å². The largest absolute Gasteiger partial charge is 0.462 e. The SMILES string of the molecule is CC/C=C\C/C=C\C/C=C\C/C=C\C/C=C\CC(=O)OCC(COC(=O)CCCCCCCCCCCCC/C=C\CCCCCCCCCC)OC(=O)CCCCCCCCCCCCCCCCCCCCCC. The normalized spacial score (nSPS) is 12.5. The zero-order chi connectivity index (χ0) is 55.0. The van der Waals surface area contributed by atoms with E-state index >= 15 is 0 Å².